The van der Waals surface area contributed by atoms with Crippen LogP contribution in [-0.2, 0) is 5.75 Å². The van der Waals surface area contributed by atoms with Crippen LogP contribution in [0.3, 0.4) is 0 Å². The lowest BCUT2D eigenvalue weighted by atomic mass is 10.0. The number of nitrogens with two attached hydrogens (primary N) is 1. The van der Waals surface area contributed by atoms with Crippen LogP contribution in [0.25, 0.3) is 0 Å². The van der Waals surface area contributed by atoms with E-state index in [-0.39, 0.29) is 6.04 Å². The van der Waals surface area contributed by atoms with E-state index in [9.17, 15) is 0 Å². The topological polar surface area (TPSA) is 64.9 Å². The fourth-order valence-electron chi connectivity index (χ4n) is 2.38. The summed E-state index contributed by atoms with van der Waals surface area (Å²) < 4.78 is 5.29. The maximum Gasteiger partial charge on any atom is 0.243 e. The van der Waals surface area contributed by atoms with Gasteiger partial charge < -0.3 is 10.3 Å². The van der Waals surface area contributed by atoms with Gasteiger partial charge in [-0.1, -0.05) is 44.7 Å². The van der Waals surface area contributed by atoms with Crippen molar-refractivity contribution in [3.05, 3.63) is 11.7 Å². The Kier molecular flexibility index (Phi) is 5.70. The first-order chi connectivity index (χ1) is 9.20. The Morgan fingerprint density at radius 2 is 2.11 bits per heavy atom. The summed E-state index contributed by atoms with van der Waals surface area (Å²) in [6.07, 6.45) is 7.83. The van der Waals surface area contributed by atoms with Crippen LogP contribution < -0.4 is 5.73 Å². The summed E-state index contributed by atoms with van der Waals surface area (Å²) in [7, 11) is 0. The van der Waals surface area contributed by atoms with E-state index >= 15 is 0 Å². The fraction of sp³-hybridized carbons (Fsp3) is 0.857. The van der Waals surface area contributed by atoms with E-state index in [1.54, 1.807) is 0 Å². The lowest BCUT2D eigenvalue weighted by molar-refractivity contribution is 0.311. The van der Waals surface area contributed by atoms with Crippen molar-refractivity contribution in [2.24, 2.45) is 11.7 Å². The van der Waals surface area contributed by atoms with Gasteiger partial charge in [-0.25, -0.2) is 0 Å². The summed E-state index contributed by atoms with van der Waals surface area (Å²) >= 11 is 1.96. The number of thioether (sulfide) groups is 1. The van der Waals surface area contributed by atoms with E-state index in [0.29, 0.717) is 11.8 Å². The third-order valence-electron chi connectivity index (χ3n) is 4.03. The van der Waals surface area contributed by atoms with Gasteiger partial charge in [-0.3, -0.25) is 0 Å². The number of rotatable bonds is 6. The molecular formula is C14H25N3OS. The lowest BCUT2D eigenvalue weighted by Crippen LogP contribution is -2.18. The third kappa shape index (κ3) is 4.21. The fourth-order valence-corrected chi connectivity index (χ4v) is 3.55. The van der Waals surface area contributed by atoms with Gasteiger partial charge in [-0.15, -0.1) is 0 Å². The molecule has 1 aromatic rings. The molecule has 2 N–H and O–H groups in total. The molecule has 5 heteroatoms. The van der Waals surface area contributed by atoms with Crippen molar-refractivity contribution in [1.82, 2.24) is 10.1 Å². The standard InChI is InChI=1S/C14H25N3OS/c1-3-10(2)13(15)14-16-12(17-18-14)9-19-11-7-5-4-6-8-11/h10-11,13H,3-9,15H2,1-2H3. The molecule has 108 valence electrons. The summed E-state index contributed by atoms with van der Waals surface area (Å²) in [5.41, 5.74) is 6.10. The molecule has 4 nitrogen and oxygen atoms in total. The molecule has 2 unspecified atom stereocenters. The molecule has 1 aliphatic carbocycles. The highest BCUT2D eigenvalue weighted by atomic mass is 32.2. The number of nitrogens with zero attached hydrogens (tertiary/aromatic N) is 2. The second kappa shape index (κ2) is 7.29. The first kappa shape index (κ1) is 14.9. The predicted molar refractivity (Wildman–Crippen MR) is 78.8 cm³/mol. The molecule has 0 bridgehead atoms. The van der Waals surface area contributed by atoms with E-state index in [0.717, 1.165) is 23.2 Å². The first-order valence-corrected chi connectivity index (χ1v) is 8.45. The minimum Gasteiger partial charge on any atom is -0.338 e. The average molecular weight is 283 g/mol. The van der Waals surface area contributed by atoms with E-state index in [4.69, 9.17) is 10.3 Å². The van der Waals surface area contributed by atoms with Gasteiger partial charge in [0.2, 0.25) is 5.89 Å². The smallest absolute Gasteiger partial charge is 0.243 e. The van der Waals surface area contributed by atoms with E-state index in [1.165, 1.54) is 32.1 Å². The zero-order chi connectivity index (χ0) is 13.7. The van der Waals surface area contributed by atoms with Gasteiger partial charge in [0.15, 0.2) is 5.82 Å². The number of hydrogen-bond acceptors (Lipinski definition) is 5. The zero-order valence-electron chi connectivity index (χ0n) is 12.0. The Morgan fingerprint density at radius 3 is 2.79 bits per heavy atom. The van der Waals surface area contributed by atoms with Crippen LogP contribution >= 0.6 is 11.8 Å². The summed E-state index contributed by atoms with van der Waals surface area (Å²) in [6, 6.07) is -0.133. The van der Waals surface area contributed by atoms with Crippen molar-refractivity contribution >= 4 is 11.8 Å². The molecule has 2 atom stereocenters. The third-order valence-corrected chi connectivity index (χ3v) is 5.39. The molecule has 1 aliphatic rings. The molecule has 0 saturated heterocycles. The molecule has 0 spiro atoms. The van der Waals surface area contributed by atoms with Crippen molar-refractivity contribution in [1.29, 1.82) is 0 Å². The van der Waals surface area contributed by atoms with Crippen molar-refractivity contribution in [2.45, 2.75) is 69.4 Å². The summed E-state index contributed by atoms with van der Waals surface area (Å²) in [4.78, 5) is 4.44. The summed E-state index contributed by atoms with van der Waals surface area (Å²) in [5.74, 6) is 2.61. The van der Waals surface area contributed by atoms with Gasteiger partial charge in [-0.05, 0) is 18.8 Å². The summed E-state index contributed by atoms with van der Waals surface area (Å²) in [5, 5.41) is 4.83. The van der Waals surface area contributed by atoms with Gasteiger partial charge >= 0.3 is 0 Å². The minimum atomic E-state index is -0.133. The van der Waals surface area contributed by atoms with Crippen molar-refractivity contribution in [3.8, 4) is 0 Å². The predicted octanol–water partition coefficient (Wildman–Crippen LogP) is 3.68. The molecule has 1 saturated carbocycles. The van der Waals surface area contributed by atoms with Crippen molar-refractivity contribution in [2.75, 3.05) is 0 Å². The van der Waals surface area contributed by atoms with Crippen LogP contribution in [0.1, 0.15) is 70.1 Å². The number of hydrogen-bond donors (Lipinski definition) is 1. The Hall–Kier alpha value is -0.550. The van der Waals surface area contributed by atoms with Crippen LogP contribution in [0.5, 0.6) is 0 Å². The van der Waals surface area contributed by atoms with E-state index in [2.05, 4.69) is 24.0 Å². The SMILES string of the molecule is CCC(C)C(N)c1nc(CSC2CCCCC2)no1. The summed E-state index contributed by atoms with van der Waals surface area (Å²) in [6.45, 7) is 4.24. The second-order valence-electron chi connectivity index (χ2n) is 5.53. The maximum atomic E-state index is 6.10. The first-order valence-electron chi connectivity index (χ1n) is 7.40. The second-order valence-corrected chi connectivity index (χ2v) is 6.82. The highest BCUT2D eigenvalue weighted by Gasteiger charge is 2.21. The van der Waals surface area contributed by atoms with Gasteiger partial charge in [0.25, 0.3) is 0 Å². The molecule has 0 radical (unpaired) electrons. The maximum absolute atomic E-state index is 6.10. The average Bonchev–Trinajstić information content (AvgIpc) is 2.93. The molecule has 0 amide bonds. The quantitative estimate of drug-likeness (QED) is 0.862. The molecule has 1 aromatic heterocycles. The van der Waals surface area contributed by atoms with Crippen LogP contribution in [0, 0.1) is 5.92 Å². The van der Waals surface area contributed by atoms with E-state index < -0.39 is 0 Å². The molecule has 1 fully saturated rings. The molecule has 1 heterocycles. The van der Waals surface area contributed by atoms with Crippen LogP contribution in [0.15, 0.2) is 4.52 Å². The highest BCUT2D eigenvalue weighted by molar-refractivity contribution is 7.99. The number of aromatic nitrogens is 2. The van der Waals surface area contributed by atoms with Crippen LogP contribution in [-0.4, -0.2) is 15.4 Å². The normalized spacial score (nSPS) is 20.4. The molecule has 0 aromatic carbocycles. The van der Waals surface area contributed by atoms with Gasteiger partial charge in [0.1, 0.15) is 0 Å². The van der Waals surface area contributed by atoms with Crippen molar-refractivity contribution < 1.29 is 4.52 Å². The monoisotopic (exact) mass is 283 g/mol. The highest BCUT2D eigenvalue weighted by Crippen LogP contribution is 2.30. The van der Waals surface area contributed by atoms with Gasteiger partial charge in [0.05, 0.1) is 11.8 Å². The minimum absolute atomic E-state index is 0.133. The molecule has 19 heavy (non-hydrogen) atoms. The van der Waals surface area contributed by atoms with E-state index in [1.807, 2.05) is 11.8 Å². The Balaban J connectivity index is 1.83. The van der Waals surface area contributed by atoms with Crippen LogP contribution in [0.2, 0.25) is 0 Å². The molecule has 2 rings (SSSR count). The van der Waals surface area contributed by atoms with Crippen molar-refractivity contribution in [3.63, 3.8) is 0 Å². The van der Waals surface area contributed by atoms with Crippen LogP contribution in [0.4, 0.5) is 0 Å². The molecule has 0 aliphatic heterocycles. The zero-order valence-corrected chi connectivity index (χ0v) is 12.8. The van der Waals surface area contributed by atoms with Gasteiger partial charge in [0, 0.05) is 5.25 Å². The molecular weight excluding hydrogens is 258 g/mol. The van der Waals surface area contributed by atoms with Gasteiger partial charge in [-0.2, -0.15) is 16.7 Å². The lowest BCUT2D eigenvalue weighted by Gasteiger charge is -2.20. The Labute approximate surface area is 119 Å². The Bertz CT molecular complexity index is 377. The largest absolute Gasteiger partial charge is 0.338 e. The Morgan fingerprint density at radius 1 is 1.37 bits per heavy atom.